The van der Waals surface area contributed by atoms with Crippen LogP contribution in [0.15, 0.2) is 48.5 Å². The molecule has 2 aromatic rings. The molecule has 1 aliphatic rings. The molecule has 2 heteroatoms. The molecular weight excluding hydrogens is 212 g/mol. The summed E-state index contributed by atoms with van der Waals surface area (Å²) in [6, 6.07) is 15.2. The summed E-state index contributed by atoms with van der Waals surface area (Å²) < 4.78 is 5.69. The third kappa shape index (κ3) is 1.89. The fourth-order valence-electron chi connectivity index (χ4n) is 1.96. The monoisotopic (exact) mass is 224 g/mol. The van der Waals surface area contributed by atoms with E-state index in [1.165, 1.54) is 0 Å². The van der Waals surface area contributed by atoms with E-state index in [0.717, 1.165) is 22.4 Å². The van der Waals surface area contributed by atoms with E-state index >= 15 is 0 Å². The van der Waals surface area contributed by atoms with Crippen LogP contribution in [0.2, 0.25) is 0 Å². The van der Waals surface area contributed by atoms with E-state index in [4.69, 9.17) is 4.74 Å². The van der Waals surface area contributed by atoms with E-state index in [1.54, 1.807) is 12.1 Å². The number of rotatable bonds is 1. The quantitative estimate of drug-likeness (QED) is 0.805. The molecule has 0 bridgehead atoms. The molecule has 0 saturated carbocycles. The smallest absolute Gasteiger partial charge is 0.127 e. The normalized spacial score (nSPS) is 13.5. The summed E-state index contributed by atoms with van der Waals surface area (Å²) in [6.45, 7) is 0.571. The van der Waals surface area contributed by atoms with Crippen LogP contribution in [0.3, 0.4) is 0 Å². The number of phenolic OH excluding ortho intramolecular Hbond substituents is 1. The van der Waals surface area contributed by atoms with Crippen LogP contribution in [0.4, 0.5) is 0 Å². The van der Waals surface area contributed by atoms with Crippen molar-refractivity contribution in [3.05, 3.63) is 59.7 Å². The van der Waals surface area contributed by atoms with E-state index in [9.17, 15) is 5.11 Å². The number of para-hydroxylation sites is 1. The Bertz CT molecular complexity index is 568. The summed E-state index contributed by atoms with van der Waals surface area (Å²) in [5.41, 5.74) is 3.31. The highest BCUT2D eigenvalue weighted by Crippen LogP contribution is 2.30. The average molecular weight is 224 g/mol. The Morgan fingerprint density at radius 2 is 1.71 bits per heavy atom. The van der Waals surface area contributed by atoms with Crippen molar-refractivity contribution in [2.24, 2.45) is 0 Å². The van der Waals surface area contributed by atoms with Crippen molar-refractivity contribution in [3.8, 4) is 11.5 Å². The van der Waals surface area contributed by atoms with Crippen molar-refractivity contribution >= 4 is 11.6 Å². The Hall–Kier alpha value is -2.22. The third-order valence-corrected chi connectivity index (χ3v) is 2.87. The van der Waals surface area contributed by atoms with Gasteiger partial charge in [-0.25, -0.2) is 0 Å². The molecule has 0 aliphatic carbocycles. The molecule has 0 unspecified atom stereocenters. The SMILES string of the molecule is Oc1ccc(C2=Cc3ccccc3OC2)cc1. The van der Waals surface area contributed by atoms with Crippen LogP contribution >= 0.6 is 0 Å². The van der Waals surface area contributed by atoms with Crippen molar-refractivity contribution in [1.82, 2.24) is 0 Å². The van der Waals surface area contributed by atoms with Gasteiger partial charge < -0.3 is 9.84 Å². The number of aromatic hydroxyl groups is 1. The van der Waals surface area contributed by atoms with Gasteiger partial charge in [0.15, 0.2) is 0 Å². The predicted molar refractivity (Wildman–Crippen MR) is 67.9 cm³/mol. The largest absolute Gasteiger partial charge is 0.508 e. The van der Waals surface area contributed by atoms with Gasteiger partial charge in [0.2, 0.25) is 0 Å². The van der Waals surface area contributed by atoms with E-state index in [2.05, 4.69) is 6.08 Å². The van der Waals surface area contributed by atoms with Gasteiger partial charge in [-0.2, -0.15) is 0 Å². The van der Waals surface area contributed by atoms with Crippen molar-refractivity contribution in [2.45, 2.75) is 0 Å². The molecule has 1 N–H and O–H groups in total. The van der Waals surface area contributed by atoms with Crippen LogP contribution in [0.25, 0.3) is 11.6 Å². The molecule has 0 aromatic heterocycles. The fraction of sp³-hybridized carbons (Fsp3) is 0.0667. The second kappa shape index (κ2) is 3.98. The lowest BCUT2D eigenvalue weighted by molar-refractivity contribution is 0.366. The Morgan fingerprint density at radius 3 is 2.53 bits per heavy atom. The van der Waals surface area contributed by atoms with Gasteiger partial charge in [-0.3, -0.25) is 0 Å². The zero-order valence-electron chi connectivity index (χ0n) is 9.26. The summed E-state index contributed by atoms with van der Waals surface area (Å²) in [5.74, 6) is 1.21. The number of benzene rings is 2. The zero-order valence-corrected chi connectivity index (χ0v) is 9.26. The number of fused-ring (bicyclic) bond motifs is 1. The van der Waals surface area contributed by atoms with Gasteiger partial charge >= 0.3 is 0 Å². The fourth-order valence-corrected chi connectivity index (χ4v) is 1.96. The number of phenols is 1. The van der Waals surface area contributed by atoms with Crippen LogP contribution in [-0.2, 0) is 0 Å². The minimum absolute atomic E-state index is 0.284. The molecule has 0 fully saturated rings. The zero-order chi connectivity index (χ0) is 11.7. The van der Waals surface area contributed by atoms with Gasteiger partial charge in [0, 0.05) is 5.56 Å². The first-order chi connectivity index (χ1) is 8.33. The minimum Gasteiger partial charge on any atom is -0.508 e. The van der Waals surface area contributed by atoms with Gasteiger partial charge in [-0.15, -0.1) is 0 Å². The summed E-state index contributed by atoms with van der Waals surface area (Å²) >= 11 is 0. The van der Waals surface area contributed by atoms with Gasteiger partial charge in [-0.1, -0.05) is 30.3 Å². The van der Waals surface area contributed by atoms with Gasteiger partial charge in [0.05, 0.1) is 0 Å². The van der Waals surface area contributed by atoms with Crippen molar-refractivity contribution < 1.29 is 9.84 Å². The molecule has 0 spiro atoms. The number of hydrogen-bond acceptors (Lipinski definition) is 2. The van der Waals surface area contributed by atoms with Gasteiger partial charge in [0.25, 0.3) is 0 Å². The molecule has 2 aromatic carbocycles. The molecule has 84 valence electrons. The number of hydrogen-bond donors (Lipinski definition) is 1. The van der Waals surface area contributed by atoms with Gasteiger partial charge in [0.1, 0.15) is 18.1 Å². The lowest BCUT2D eigenvalue weighted by atomic mass is 10.0. The number of ether oxygens (including phenoxy) is 1. The average Bonchev–Trinajstić information content (AvgIpc) is 2.39. The first-order valence-electron chi connectivity index (χ1n) is 5.55. The summed E-state index contributed by atoms with van der Waals surface area (Å²) in [4.78, 5) is 0. The molecule has 0 saturated heterocycles. The van der Waals surface area contributed by atoms with Crippen LogP contribution in [0.5, 0.6) is 11.5 Å². The molecule has 1 aliphatic heterocycles. The topological polar surface area (TPSA) is 29.5 Å². The molecule has 0 atom stereocenters. The Kier molecular flexibility index (Phi) is 2.33. The lowest BCUT2D eigenvalue weighted by Crippen LogP contribution is -2.06. The minimum atomic E-state index is 0.284. The second-order valence-corrected chi connectivity index (χ2v) is 4.04. The lowest BCUT2D eigenvalue weighted by Gasteiger charge is -2.18. The maximum absolute atomic E-state index is 9.26. The second-order valence-electron chi connectivity index (χ2n) is 4.04. The first kappa shape index (κ1) is 9.97. The maximum atomic E-state index is 9.26. The Morgan fingerprint density at radius 1 is 0.941 bits per heavy atom. The summed E-state index contributed by atoms with van der Waals surface area (Å²) in [7, 11) is 0. The third-order valence-electron chi connectivity index (χ3n) is 2.87. The van der Waals surface area contributed by atoms with E-state index in [0.29, 0.717) is 6.61 Å². The molecule has 2 nitrogen and oxygen atoms in total. The van der Waals surface area contributed by atoms with Crippen molar-refractivity contribution in [2.75, 3.05) is 6.61 Å². The van der Waals surface area contributed by atoms with E-state index in [-0.39, 0.29) is 5.75 Å². The van der Waals surface area contributed by atoms with Crippen LogP contribution in [0, 0.1) is 0 Å². The maximum Gasteiger partial charge on any atom is 0.127 e. The molecule has 3 rings (SSSR count). The molecule has 17 heavy (non-hydrogen) atoms. The van der Waals surface area contributed by atoms with Crippen molar-refractivity contribution in [1.29, 1.82) is 0 Å². The molecular formula is C15H12O2. The Labute approximate surface area is 99.8 Å². The Balaban J connectivity index is 2.01. The van der Waals surface area contributed by atoms with Crippen LogP contribution in [0.1, 0.15) is 11.1 Å². The van der Waals surface area contributed by atoms with E-state index in [1.807, 2.05) is 36.4 Å². The van der Waals surface area contributed by atoms with Crippen molar-refractivity contribution in [3.63, 3.8) is 0 Å². The van der Waals surface area contributed by atoms with Crippen LogP contribution < -0.4 is 4.74 Å². The highest BCUT2D eigenvalue weighted by molar-refractivity contribution is 5.85. The molecule has 0 amide bonds. The van der Waals surface area contributed by atoms with Crippen LogP contribution in [-0.4, -0.2) is 11.7 Å². The predicted octanol–water partition coefficient (Wildman–Crippen LogP) is 3.33. The van der Waals surface area contributed by atoms with E-state index < -0.39 is 0 Å². The van der Waals surface area contributed by atoms with Gasteiger partial charge in [-0.05, 0) is 35.4 Å². The molecule has 0 radical (unpaired) electrons. The summed E-state index contributed by atoms with van der Waals surface area (Å²) in [5, 5.41) is 9.26. The highest BCUT2D eigenvalue weighted by atomic mass is 16.5. The highest BCUT2D eigenvalue weighted by Gasteiger charge is 2.11. The standard InChI is InChI=1S/C15H12O2/c16-14-7-5-11(6-8-14)13-9-12-3-1-2-4-15(12)17-10-13/h1-9,16H,10H2. The molecule has 1 heterocycles. The summed E-state index contributed by atoms with van der Waals surface area (Å²) in [6.07, 6.45) is 2.13. The first-order valence-corrected chi connectivity index (χ1v) is 5.55.